The van der Waals surface area contributed by atoms with Gasteiger partial charge in [0.2, 0.25) is 5.91 Å². The van der Waals surface area contributed by atoms with Crippen molar-refractivity contribution in [3.8, 4) is 0 Å². The van der Waals surface area contributed by atoms with Gasteiger partial charge in [0.05, 0.1) is 5.92 Å². The maximum atomic E-state index is 12.7. The second-order valence-electron chi connectivity index (χ2n) is 6.61. The van der Waals surface area contributed by atoms with E-state index in [4.69, 9.17) is 0 Å². The molecule has 0 aliphatic carbocycles. The van der Waals surface area contributed by atoms with Crippen LogP contribution in [0.1, 0.15) is 46.2 Å². The van der Waals surface area contributed by atoms with Crippen molar-refractivity contribution in [2.75, 3.05) is 18.4 Å². The van der Waals surface area contributed by atoms with Crippen LogP contribution in [-0.2, 0) is 4.79 Å². The number of amides is 2. The molecule has 2 amide bonds. The summed E-state index contributed by atoms with van der Waals surface area (Å²) in [5.74, 6) is -0.140. The number of carbonyl (C=O) groups excluding carboxylic acids is 3. The SMILES string of the molecule is CC(=O)c1c[nH]c(C(=O)N2CCC[C@@H](C(=O)Nc3ncccc3C)C2)c1. The second kappa shape index (κ2) is 7.51. The molecule has 1 atom stereocenters. The summed E-state index contributed by atoms with van der Waals surface area (Å²) in [5, 5.41) is 2.86. The zero-order valence-corrected chi connectivity index (χ0v) is 14.9. The van der Waals surface area contributed by atoms with E-state index in [2.05, 4.69) is 15.3 Å². The van der Waals surface area contributed by atoms with E-state index >= 15 is 0 Å². The Morgan fingerprint density at radius 2 is 2.15 bits per heavy atom. The Morgan fingerprint density at radius 3 is 2.85 bits per heavy atom. The molecule has 136 valence electrons. The van der Waals surface area contributed by atoms with Crippen molar-refractivity contribution >= 4 is 23.4 Å². The zero-order valence-electron chi connectivity index (χ0n) is 14.9. The number of aromatic nitrogens is 2. The van der Waals surface area contributed by atoms with Crippen LogP contribution >= 0.6 is 0 Å². The van der Waals surface area contributed by atoms with Crippen molar-refractivity contribution in [1.29, 1.82) is 0 Å². The summed E-state index contributed by atoms with van der Waals surface area (Å²) in [6.45, 7) is 4.29. The summed E-state index contributed by atoms with van der Waals surface area (Å²) < 4.78 is 0. The molecule has 0 spiro atoms. The summed E-state index contributed by atoms with van der Waals surface area (Å²) >= 11 is 0. The lowest BCUT2D eigenvalue weighted by atomic mass is 9.96. The molecule has 0 bridgehead atoms. The van der Waals surface area contributed by atoms with Crippen LogP contribution in [0.4, 0.5) is 5.82 Å². The van der Waals surface area contributed by atoms with E-state index in [1.807, 2.05) is 19.1 Å². The van der Waals surface area contributed by atoms with Crippen LogP contribution in [0.25, 0.3) is 0 Å². The molecule has 2 aromatic rings. The highest BCUT2D eigenvalue weighted by molar-refractivity contribution is 5.99. The highest BCUT2D eigenvalue weighted by atomic mass is 16.2. The van der Waals surface area contributed by atoms with E-state index < -0.39 is 0 Å². The van der Waals surface area contributed by atoms with Crippen molar-refractivity contribution in [3.63, 3.8) is 0 Å². The maximum absolute atomic E-state index is 12.7. The number of aromatic amines is 1. The van der Waals surface area contributed by atoms with Crippen LogP contribution in [0.5, 0.6) is 0 Å². The van der Waals surface area contributed by atoms with E-state index in [1.54, 1.807) is 17.2 Å². The Labute approximate surface area is 151 Å². The second-order valence-corrected chi connectivity index (χ2v) is 6.61. The molecule has 7 heteroatoms. The van der Waals surface area contributed by atoms with E-state index in [0.29, 0.717) is 30.2 Å². The van der Waals surface area contributed by atoms with Crippen LogP contribution in [-0.4, -0.2) is 45.6 Å². The molecule has 7 nitrogen and oxygen atoms in total. The highest BCUT2D eigenvalue weighted by Crippen LogP contribution is 2.21. The summed E-state index contributed by atoms with van der Waals surface area (Å²) in [6, 6.07) is 5.26. The van der Waals surface area contributed by atoms with Gasteiger partial charge in [0.15, 0.2) is 5.78 Å². The fraction of sp³-hybridized carbons (Fsp3) is 0.368. The number of H-pyrrole nitrogens is 1. The molecule has 2 N–H and O–H groups in total. The standard InChI is InChI=1S/C19H22N4O3/c1-12-5-3-7-20-17(12)22-18(25)14-6-4-8-23(11-14)19(26)16-9-15(10-21-16)13(2)24/h3,5,7,9-10,14,21H,4,6,8,11H2,1-2H3,(H,20,22,25)/t14-/m1/s1. The molecule has 2 aromatic heterocycles. The predicted molar refractivity (Wildman–Crippen MR) is 97.0 cm³/mol. The van der Waals surface area contributed by atoms with Crippen molar-refractivity contribution < 1.29 is 14.4 Å². The minimum absolute atomic E-state index is 0.0954. The van der Waals surface area contributed by atoms with Gasteiger partial charge >= 0.3 is 0 Å². The Hall–Kier alpha value is -2.96. The number of nitrogens with zero attached hydrogens (tertiary/aromatic N) is 2. The number of Topliss-reactive ketones (excluding diaryl/α,β-unsaturated/α-hetero) is 1. The molecule has 26 heavy (non-hydrogen) atoms. The van der Waals surface area contributed by atoms with Crippen molar-refractivity contribution in [2.45, 2.75) is 26.7 Å². The van der Waals surface area contributed by atoms with Gasteiger partial charge in [0.25, 0.3) is 5.91 Å². The Morgan fingerprint density at radius 1 is 1.35 bits per heavy atom. The van der Waals surface area contributed by atoms with Crippen molar-refractivity contribution in [2.24, 2.45) is 5.92 Å². The summed E-state index contributed by atoms with van der Waals surface area (Å²) in [6.07, 6.45) is 4.65. The minimum atomic E-state index is -0.281. The normalized spacial score (nSPS) is 17.0. The van der Waals surface area contributed by atoms with E-state index in [9.17, 15) is 14.4 Å². The van der Waals surface area contributed by atoms with Gasteiger partial charge in [-0.05, 0) is 44.4 Å². The number of rotatable bonds is 4. The summed E-state index contributed by atoms with van der Waals surface area (Å²) in [7, 11) is 0. The smallest absolute Gasteiger partial charge is 0.270 e. The first-order chi connectivity index (χ1) is 12.5. The summed E-state index contributed by atoms with van der Waals surface area (Å²) in [4.78, 5) is 45.3. The molecular weight excluding hydrogens is 332 g/mol. The number of aryl methyl sites for hydroxylation is 1. The van der Waals surface area contributed by atoms with Crippen molar-refractivity contribution in [1.82, 2.24) is 14.9 Å². The topological polar surface area (TPSA) is 95.2 Å². The molecule has 0 radical (unpaired) electrons. The fourth-order valence-electron chi connectivity index (χ4n) is 3.10. The number of carbonyl (C=O) groups is 3. The number of hydrogen-bond donors (Lipinski definition) is 2. The molecule has 0 unspecified atom stereocenters. The average molecular weight is 354 g/mol. The van der Waals surface area contributed by atoms with Gasteiger partial charge in [-0.25, -0.2) is 4.98 Å². The van der Waals surface area contributed by atoms with Gasteiger partial charge < -0.3 is 15.2 Å². The Balaban J connectivity index is 1.66. The fourth-order valence-corrected chi connectivity index (χ4v) is 3.10. The number of ketones is 1. The number of likely N-dealkylation sites (tertiary alicyclic amines) is 1. The molecule has 1 fully saturated rings. The number of piperidine rings is 1. The Bertz CT molecular complexity index is 843. The number of nitrogens with one attached hydrogen (secondary N) is 2. The average Bonchev–Trinajstić information content (AvgIpc) is 3.13. The number of anilines is 1. The van der Waals surface area contributed by atoms with Crippen molar-refractivity contribution in [3.05, 3.63) is 47.4 Å². The first kappa shape index (κ1) is 17.8. The van der Waals surface area contributed by atoms with Crippen LogP contribution in [0.2, 0.25) is 0 Å². The lowest BCUT2D eigenvalue weighted by molar-refractivity contribution is -0.121. The third-order valence-electron chi connectivity index (χ3n) is 4.65. The van der Waals surface area contributed by atoms with E-state index in [-0.39, 0.29) is 23.5 Å². The number of hydrogen-bond acceptors (Lipinski definition) is 4. The van der Waals surface area contributed by atoms with Gasteiger partial charge in [-0.15, -0.1) is 0 Å². The quantitative estimate of drug-likeness (QED) is 0.824. The van der Waals surface area contributed by atoms with E-state index in [0.717, 1.165) is 18.4 Å². The first-order valence-electron chi connectivity index (χ1n) is 8.67. The number of pyridine rings is 1. The molecular formula is C19H22N4O3. The van der Waals surface area contributed by atoms with Gasteiger partial charge in [-0.2, -0.15) is 0 Å². The van der Waals surface area contributed by atoms with Crippen LogP contribution in [0, 0.1) is 12.8 Å². The molecule has 1 saturated heterocycles. The highest BCUT2D eigenvalue weighted by Gasteiger charge is 2.30. The molecule has 1 aliphatic heterocycles. The summed E-state index contributed by atoms with van der Waals surface area (Å²) in [5.41, 5.74) is 1.75. The zero-order chi connectivity index (χ0) is 18.7. The molecule has 3 heterocycles. The molecule has 3 rings (SSSR count). The third kappa shape index (κ3) is 3.82. The molecule has 1 aliphatic rings. The van der Waals surface area contributed by atoms with Gasteiger partial charge in [-0.3, -0.25) is 14.4 Å². The van der Waals surface area contributed by atoms with Gasteiger partial charge in [-0.1, -0.05) is 6.07 Å². The molecule has 0 aromatic carbocycles. The lowest BCUT2D eigenvalue weighted by Crippen LogP contribution is -2.44. The molecule has 0 saturated carbocycles. The largest absolute Gasteiger partial charge is 0.356 e. The van der Waals surface area contributed by atoms with Gasteiger partial charge in [0, 0.05) is 31.0 Å². The predicted octanol–water partition coefficient (Wildman–Crippen LogP) is 2.41. The maximum Gasteiger partial charge on any atom is 0.270 e. The monoisotopic (exact) mass is 354 g/mol. The van der Waals surface area contributed by atoms with Gasteiger partial charge in [0.1, 0.15) is 11.5 Å². The van der Waals surface area contributed by atoms with E-state index in [1.165, 1.54) is 13.1 Å². The Kier molecular flexibility index (Phi) is 5.16. The first-order valence-corrected chi connectivity index (χ1v) is 8.67. The lowest BCUT2D eigenvalue weighted by Gasteiger charge is -2.31. The third-order valence-corrected chi connectivity index (χ3v) is 4.65. The van der Waals surface area contributed by atoms with Crippen LogP contribution in [0.3, 0.4) is 0 Å². The minimum Gasteiger partial charge on any atom is -0.356 e. The van der Waals surface area contributed by atoms with Crippen LogP contribution in [0.15, 0.2) is 30.6 Å². The van der Waals surface area contributed by atoms with Crippen LogP contribution < -0.4 is 5.32 Å².